The fourth-order valence-corrected chi connectivity index (χ4v) is 3.07. The first-order valence-electron chi connectivity index (χ1n) is 8.09. The first kappa shape index (κ1) is 16.5. The molecule has 122 valence electrons. The number of nitrogens with zero attached hydrogens (tertiary/aromatic N) is 2. The van der Waals surface area contributed by atoms with Crippen LogP contribution in [0.2, 0.25) is 5.02 Å². The average molecular weight is 341 g/mol. The van der Waals surface area contributed by atoms with Crippen molar-refractivity contribution < 1.29 is 4.39 Å². The summed E-state index contributed by atoms with van der Waals surface area (Å²) >= 11 is 5.87. The summed E-state index contributed by atoms with van der Waals surface area (Å²) in [7, 11) is 0. The van der Waals surface area contributed by atoms with Crippen molar-refractivity contribution in [3.8, 4) is 6.07 Å². The standard InChI is InChI=1S/C20H18ClFN2/c21-18-7-4-15(5-8-18)17(14-23)12-16-6-9-19(13-20(16)22)24-10-2-1-3-11-24/h4-9,12-13H,1-3,10-11H2/b17-12+. The second kappa shape index (κ2) is 7.51. The molecule has 0 atom stereocenters. The molecule has 24 heavy (non-hydrogen) atoms. The van der Waals surface area contributed by atoms with Gasteiger partial charge in [-0.25, -0.2) is 4.39 Å². The smallest absolute Gasteiger partial charge is 0.132 e. The summed E-state index contributed by atoms with van der Waals surface area (Å²) in [5.74, 6) is -0.306. The quantitative estimate of drug-likeness (QED) is 0.542. The Balaban J connectivity index is 1.88. The molecule has 0 saturated carbocycles. The maximum atomic E-state index is 14.5. The molecule has 0 aromatic heterocycles. The molecule has 2 nitrogen and oxygen atoms in total. The highest BCUT2D eigenvalue weighted by molar-refractivity contribution is 6.30. The minimum atomic E-state index is -0.306. The Hall–Kier alpha value is -2.31. The summed E-state index contributed by atoms with van der Waals surface area (Å²) in [5, 5.41) is 9.98. The minimum Gasteiger partial charge on any atom is -0.371 e. The molecule has 1 aliphatic heterocycles. The van der Waals surface area contributed by atoms with Gasteiger partial charge in [-0.1, -0.05) is 23.7 Å². The van der Waals surface area contributed by atoms with Gasteiger partial charge in [-0.3, -0.25) is 0 Å². The molecular formula is C20H18ClFN2. The highest BCUT2D eigenvalue weighted by atomic mass is 35.5. The molecule has 0 aliphatic carbocycles. The van der Waals surface area contributed by atoms with Gasteiger partial charge in [0.15, 0.2) is 0 Å². The van der Waals surface area contributed by atoms with Crippen LogP contribution < -0.4 is 4.90 Å². The first-order valence-corrected chi connectivity index (χ1v) is 8.47. The molecule has 0 unspecified atom stereocenters. The van der Waals surface area contributed by atoms with Crippen molar-refractivity contribution >= 4 is 28.9 Å². The number of halogens is 2. The second-order valence-corrected chi connectivity index (χ2v) is 6.37. The average Bonchev–Trinajstić information content (AvgIpc) is 2.62. The SMILES string of the molecule is N#C/C(=C\c1ccc(N2CCCCC2)cc1F)c1ccc(Cl)cc1. The van der Waals surface area contributed by atoms with Crippen molar-refractivity contribution in [2.45, 2.75) is 19.3 Å². The maximum Gasteiger partial charge on any atom is 0.132 e. The fraction of sp³-hybridized carbons (Fsp3) is 0.250. The summed E-state index contributed by atoms with van der Waals surface area (Å²) in [4.78, 5) is 2.21. The zero-order valence-corrected chi connectivity index (χ0v) is 14.1. The van der Waals surface area contributed by atoms with Gasteiger partial charge in [0, 0.05) is 29.4 Å². The zero-order valence-electron chi connectivity index (χ0n) is 13.3. The lowest BCUT2D eigenvalue weighted by Crippen LogP contribution is -2.29. The lowest BCUT2D eigenvalue weighted by atomic mass is 10.0. The molecule has 4 heteroatoms. The Morgan fingerprint density at radius 1 is 1.08 bits per heavy atom. The number of benzene rings is 2. The van der Waals surface area contributed by atoms with E-state index in [9.17, 15) is 9.65 Å². The van der Waals surface area contributed by atoms with Crippen LogP contribution in [0.1, 0.15) is 30.4 Å². The van der Waals surface area contributed by atoms with Gasteiger partial charge >= 0.3 is 0 Å². The first-order chi connectivity index (χ1) is 11.7. The molecule has 1 fully saturated rings. The second-order valence-electron chi connectivity index (χ2n) is 5.93. The molecule has 0 amide bonds. The van der Waals surface area contributed by atoms with Gasteiger partial charge in [-0.05, 0) is 61.2 Å². The van der Waals surface area contributed by atoms with Gasteiger partial charge in [0.1, 0.15) is 5.82 Å². The number of hydrogen-bond acceptors (Lipinski definition) is 2. The third-order valence-corrected chi connectivity index (χ3v) is 4.53. The van der Waals surface area contributed by atoms with Crippen LogP contribution in [-0.2, 0) is 0 Å². The van der Waals surface area contributed by atoms with Crippen LogP contribution in [0.15, 0.2) is 42.5 Å². The Morgan fingerprint density at radius 2 is 1.79 bits per heavy atom. The van der Waals surface area contributed by atoms with Gasteiger partial charge < -0.3 is 4.90 Å². The topological polar surface area (TPSA) is 27.0 Å². The van der Waals surface area contributed by atoms with E-state index >= 15 is 0 Å². The van der Waals surface area contributed by atoms with Crippen molar-refractivity contribution in [1.82, 2.24) is 0 Å². The molecule has 1 saturated heterocycles. The van der Waals surface area contributed by atoms with E-state index in [0.29, 0.717) is 16.2 Å². The largest absolute Gasteiger partial charge is 0.371 e. The van der Waals surface area contributed by atoms with Gasteiger partial charge in [0.05, 0.1) is 11.6 Å². The highest BCUT2D eigenvalue weighted by Crippen LogP contribution is 2.25. The fourth-order valence-electron chi connectivity index (χ4n) is 2.95. The predicted octanol–water partition coefficient (Wildman–Crippen LogP) is 5.53. The Labute approximate surface area is 146 Å². The number of anilines is 1. The van der Waals surface area contributed by atoms with Gasteiger partial charge in [0.2, 0.25) is 0 Å². The monoisotopic (exact) mass is 340 g/mol. The predicted molar refractivity (Wildman–Crippen MR) is 97.4 cm³/mol. The van der Waals surface area contributed by atoms with Gasteiger partial charge in [-0.2, -0.15) is 5.26 Å². The molecule has 0 bridgehead atoms. The van der Waals surface area contributed by atoms with Crippen LogP contribution in [0, 0.1) is 17.1 Å². The number of nitriles is 1. The van der Waals surface area contributed by atoms with E-state index in [1.54, 1.807) is 42.5 Å². The maximum absolute atomic E-state index is 14.5. The zero-order chi connectivity index (χ0) is 16.9. The number of hydrogen-bond donors (Lipinski definition) is 0. The van der Waals surface area contributed by atoms with Crippen LogP contribution in [-0.4, -0.2) is 13.1 Å². The summed E-state index contributed by atoms with van der Waals surface area (Å²) in [6.45, 7) is 1.95. The van der Waals surface area contributed by atoms with E-state index in [4.69, 9.17) is 11.6 Å². The summed E-state index contributed by atoms with van der Waals surface area (Å²) in [6.07, 6.45) is 5.13. The van der Waals surface area contributed by atoms with E-state index in [1.165, 1.54) is 6.42 Å². The van der Waals surface area contributed by atoms with Crippen LogP contribution in [0.5, 0.6) is 0 Å². The van der Waals surface area contributed by atoms with Crippen molar-refractivity contribution in [1.29, 1.82) is 5.26 Å². The molecule has 2 aromatic rings. The Bertz CT molecular complexity index is 784. The minimum absolute atomic E-state index is 0.306. The lowest BCUT2D eigenvalue weighted by Gasteiger charge is -2.28. The number of allylic oxidation sites excluding steroid dienone is 1. The van der Waals surface area contributed by atoms with Gasteiger partial charge in [0.25, 0.3) is 0 Å². The van der Waals surface area contributed by atoms with Crippen molar-refractivity contribution in [3.63, 3.8) is 0 Å². The van der Waals surface area contributed by atoms with Gasteiger partial charge in [-0.15, -0.1) is 0 Å². The number of piperidine rings is 1. The molecule has 0 N–H and O–H groups in total. The van der Waals surface area contributed by atoms with E-state index in [1.807, 2.05) is 6.07 Å². The molecule has 0 spiro atoms. The van der Waals surface area contributed by atoms with E-state index in [0.717, 1.165) is 37.2 Å². The van der Waals surface area contributed by atoms with Crippen LogP contribution in [0.25, 0.3) is 11.6 Å². The van der Waals surface area contributed by atoms with Crippen molar-refractivity contribution in [2.24, 2.45) is 0 Å². The summed E-state index contributed by atoms with van der Waals surface area (Å²) in [6, 6.07) is 14.3. The van der Waals surface area contributed by atoms with Crippen LogP contribution in [0.4, 0.5) is 10.1 Å². The van der Waals surface area contributed by atoms with Crippen LogP contribution in [0.3, 0.4) is 0 Å². The summed E-state index contributed by atoms with van der Waals surface area (Å²) in [5.41, 5.74) is 2.47. The van der Waals surface area contributed by atoms with Crippen molar-refractivity contribution in [3.05, 3.63) is 64.4 Å². The van der Waals surface area contributed by atoms with E-state index < -0.39 is 0 Å². The number of rotatable bonds is 3. The van der Waals surface area contributed by atoms with E-state index in [2.05, 4.69) is 11.0 Å². The Morgan fingerprint density at radius 3 is 2.42 bits per heavy atom. The molecular weight excluding hydrogens is 323 g/mol. The highest BCUT2D eigenvalue weighted by Gasteiger charge is 2.13. The summed E-state index contributed by atoms with van der Waals surface area (Å²) < 4.78 is 14.5. The third-order valence-electron chi connectivity index (χ3n) is 4.28. The molecule has 1 aliphatic rings. The molecule has 2 aromatic carbocycles. The normalized spacial score (nSPS) is 15.2. The molecule has 1 heterocycles. The molecule has 3 rings (SSSR count). The Kier molecular flexibility index (Phi) is 5.17. The lowest BCUT2D eigenvalue weighted by molar-refractivity contribution is 0.574. The third kappa shape index (κ3) is 3.77. The van der Waals surface area contributed by atoms with E-state index in [-0.39, 0.29) is 5.82 Å². The molecule has 0 radical (unpaired) electrons. The van der Waals surface area contributed by atoms with Crippen LogP contribution >= 0.6 is 11.6 Å². The van der Waals surface area contributed by atoms with Crippen molar-refractivity contribution in [2.75, 3.05) is 18.0 Å².